The maximum Gasteiger partial charge on any atom is 0.247 e. The van der Waals surface area contributed by atoms with E-state index in [1.807, 2.05) is 68.5 Å². The first-order valence-corrected chi connectivity index (χ1v) is 8.84. The van der Waals surface area contributed by atoms with Crippen LogP contribution >= 0.6 is 15.9 Å². The second kappa shape index (κ2) is 7.02. The summed E-state index contributed by atoms with van der Waals surface area (Å²) in [6.45, 7) is 5.63. The van der Waals surface area contributed by atoms with Crippen molar-refractivity contribution in [2.45, 2.75) is 33.0 Å². The number of carbonyl (C=O) groups excluding carboxylic acids is 1. The first-order valence-electron chi connectivity index (χ1n) is 8.05. The number of carbonyl (C=O) groups is 1. The number of benzene rings is 2. The van der Waals surface area contributed by atoms with Crippen molar-refractivity contribution in [2.24, 2.45) is 0 Å². The van der Waals surface area contributed by atoms with E-state index >= 15 is 0 Å². The third kappa shape index (κ3) is 3.94. The predicted octanol–water partition coefficient (Wildman–Crippen LogP) is 4.94. The van der Waals surface area contributed by atoms with Crippen molar-refractivity contribution in [3.05, 3.63) is 69.8 Å². The fourth-order valence-corrected chi connectivity index (χ4v) is 3.10. The van der Waals surface area contributed by atoms with Crippen LogP contribution in [0.1, 0.15) is 31.9 Å². The van der Waals surface area contributed by atoms with Crippen LogP contribution in [0.5, 0.6) is 5.75 Å². The van der Waals surface area contributed by atoms with Gasteiger partial charge in [0, 0.05) is 17.0 Å². The fraction of sp³-hybridized carbons (Fsp3) is 0.250. The van der Waals surface area contributed by atoms with E-state index in [1.165, 1.54) is 12.0 Å². The first kappa shape index (κ1) is 17.7. The summed E-state index contributed by atoms with van der Waals surface area (Å²) in [5, 5.41) is 1.33. The van der Waals surface area contributed by atoms with E-state index in [0.29, 0.717) is 12.3 Å². The molecule has 0 aromatic heterocycles. The molecule has 0 saturated carbocycles. The van der Waals surface area contributed by atoms with Crippen molar-refractivity contribution >= 4 is 27.9 Å². The summed E-state index contributed by atoms with van der Waals surface area (Å²) in [7, 11) is 0. The third-order valence-electron chi connectivity index (χ3n) is 3.95. The van der Waals surface area contributed by atoms with E-state index in [0.717, 1.165) is 21.3 Å². The number of hydrogen-bond donors (Lipinski definition) is 0. The fourth-order valence-electron chi connectivity index (χ4n) is 2.72. The highest BCUT2D eigenvalue weighted by atomic mass is 79.9. The molecular formula is C20H20BrNO3. The van der Waals surface area contributed by atoms with Gasteiger partial charge < -0.3 is 4.74 Å². The number of nitrogens with zero attached hydrogens (tertiary/aromatic N) is 1. The Bertz CT molecular complexity index is 815. The average Bonchev–Trinajstić information content (AvgIpc) is 2.56. The van der Waals surface area contributed by atoms with Gasteiger partial charge in [-0.2, -0.15) is 5.06 Å². The summed E-state index contributed by atoms with van der Waals surface area (Å²) in [6.07, 6.45) is 1.94. The third-order valence-corrected chi connectivity index (χ3v) is 4.45. The lowest BCUT2D eigenvalue weighted by atomic mass is 9.97. The van der Waals surface area contributed by atoms with Crippen LogP contribution < -0.4 is 4.74 Å². The van der Waals surface area contributed by atoms with Crippen LogP contribution in [0.2, 0.25) is 0 Å². The molecule has 1 aliphatic heterocycles. The molecule has 2 aromatic carbocycles. The van der Waals surface area contributed by atoms with Gasteiger partial charge in [-0.15, -0.1) is 0 Å². The molecule has 0 saturated heterocycles. The first-order chi connectivity index (χ1) is 11.9. The number of rotatable bonds is 4. The van der Waals surface area contributed by atoms with Crippen molar-refractivity contribution in [1.82, 2.24) is 5.06 Å². The molecule has 1 amide bonds. The van der Waals surface area contributed by atoms with E-state index in [-0.39, 0.29) is 5.91 Å². The topological polar surface area (TPSA) is 38.8 Å². The van der Waals surface area contributed by atoms with E-state index in [2.05, 4.69) is 15.9 Å². The molecule has 0 aliphatic carbocycles. The molecule has 1 aliphatic rings. The molecule has 0 unspecified atom stereocenters. The molecule has 130 valence electrons. The number of halogens is 1. The van der Waals surface area contributed by atoms with Gasteiger partial charge in [-0.05, 0) is 43.7 Å². The lowest BCUT2D eigenvalue weighted by Crippen LogP contribution is -2.43. The van der Waals surface area contributed by atoms with Gasteiger partial charge >= 0.3 is 0 Å². The minimum Gasteiger partial charge on any atom is -0.481 e. The normalized spacial score (nSPS) is 15.0. The quantitative estimate of drug-likeness (QED) is 0.680. The smallest absolute Gasteiger partial charge is 0.247 e. The highest BCUT2D eigenvalue weighted by Crippen LogP contribution is 2.38. The zero-order valence-corrected chi connectivity index (χ0v) is 16.0. The molecule has 5 heteroatoms. The SMILES string of the molecule is CC(=O)N(OCc1ccccc1)C1=Cc2cc(Br)ccc2OC1(C)C. The van der Waals surface area contributed by atoms with Crippen LogP contribution in [0.4, 0.5) is 0 Å². The Morgan fingerprint density at radius 1 is 1.20 bits per heavy atom. The molecule has 0 fully saturated rings. The van der Waals surface area contributed by atoms with Crippen molar-refractivity contribution in [2.75, 3.05) is 0 Å². The Morgan fingerprint density at radius 2 is 1.92 bits per heavy atom. The summed E-state index contributed by atoms with van der Waals surface area (Å²) in [6, 6.07) is 15.6. The Kier molecular flexibility index (Phi) is 4.97. The maximum absolute atomic E-state index is 12.2. The average molecular weight is 402 g/mol. The lowest BCUT2D eigenvalue weighted by molar-refractivity contribution is -0.183. The molecule has 4 nitrogen and oxygen atoms in total. The number of hydrogen-bond acceptors (Lipinski definition) is 3. The summed E-state index contributed by atoms with van der Waals surface area (Å²) < 4.78 is 7.06. The summed E-state index contributed by atoms with van der Waals surface area (Å²) in [5.41, 5.74) is 1.87. The lowest BCUT2D eigenvalue weighted by Gasteiger charge is -2.38. The van der Waals surface area contributed by atoms with E-state index in [4.69, 9.17) is 9.57 Å². The molecule has 25 heavy (non-hydrogen) atoms. The van der Waals surface area contributed by atoms with Gasteiger partial charge in [0.2, 0.25) is 5.91 Å². The van der Waals surface area contributed by atoms with Crippen molar-refractivity contribution in [1.29, 1.82) is 0 Å². The Morgan fingerprint density at radius 3 is 2.60 bits per heavy atom. The maximum atomic E-state index is 12.2. The molecule has 2 aromatic rings. The molecule has 3 rings (SSSR count). The van der Waals surface area contributed by atoms with Crippen LogP contribution in [0.25, 0.3) is 6.08 Å². The van der Waals surface area contributed by atoms with Gasteiger partial charge in [-0.25, -0.2) is 0 Å². The zero-order chi connectivity index (χ0) is 18.0. The van der Waals surface area contributed by atoms with Crippen LogP contribution in [0, 0.1) is 0 Å². The highest BCUT2D eigenvalue weighted by Gasteiger charge is 2.36. The number of hydroxylamine groups is 2. The molecule has 1 heterocycles. The van der Waals surface area contributed by atoms with Crippen LogP contribution in [0.3, 0.4) is 0 Å². The monoisotopic (exact) mass is 401 g/mol. The summed E-state index contributed by atoms with van der Waals surface area (Å²) in [4.78, 5) is 18.1. The van der Waals surface area contributed by atoms with Gasteiger partial charge in [0.25, 0.3) is 0 Å². The minimum absolute atomic E-state index is 0.197. The summed E-state index contributed by atoms with van der Waals surface area (Å²) in [5.74, 6) is 0.584. The van der Waals surface area contributed by atoms with Crippen molar-refractivity contribution in [3.63, 3.8) is 0 Å². The van der Waals surface area contributed by atoms with Crippen molar-refractivity contribution in [3.8, 4) is 5.75 Å². The van der Waals surface area contributed by atoms with Gasteiger partial charge in [0.05, 0.1) is 5.70 Å². The minimum atomic E-state index is -0.691. The van der Waals surface area contributed by atoms with Crippen LogP contribution in [0.15, 0.2) is 58.7 Å². The summed E-state index contributed by atoms with van der Waals surface area (Å²) >= 11 is 3.47. The Hall–Kier alpha value is -2.11. The Labute approximate surface area is 156 Å². The van der Waals surface area contributed by atoms with Gasteiger partial charge in [0.15, 0.2) is 0 Å². The molecular weight excluding hydrogens is 382 g/mol. The van der Waals surface area contributed by atoms with Crippen LogP contribution in [-0.4, -0.2) is 16.6 Å². The van der Waals surface area contributed by atoms with E-state index in [9.17, 15) is 4.79 Å². The van der Waals surface area contributed by atoms with E-state index in [1.54, 1.807) is 0 Å². The number of ether oxygens (including phenoxy) is 1. The second-order valence-corrected chi connectivity index (χ2v) is 7.31. The molecule has 0 atom stereocenters. The zero-order valence-electron chi connectivity index (χ0n) is 14.5. The van der Waals surface area contributed by atoms with E-state index < -0.39 is 5.60 Å². The predicted molar refractivity (Wildman–Crippen MR) is 101 cm³/mol. The second-order valence-electron chi connectivity index (χ2n) is 6.40. The Balaban J connectivity index is 1.92. The van der Waals surface area contributed by atoms with Gasteiger partial charge in [-0.1, -0.05) is 46.3 Å². The molecule has 0 spiro atoms. The highest BCUT2D eigenvalue weighted by molar-refractivity contribution is 9.10. The van der Waals surface area contributed by atoms with Gasteiger partial charge in [0.1, 0.15) is 18.0 Å². The van der Waals surface area contributed by atoms with Crippen LogP contribution in [-0.2, 0) is 16.2 Å². The largest absolute Gasteiger partial charge is 0.481 e. The van der Waals surface area contributed by atoms with Gasteiger partial charge in [-0.3, -0.25) is 9.63 Å². The molecule has 0 radical (unpaired) electrons. The molecule has 0 bridgehead atoms. The number of fused-ring (bicyclic) bond motifs is 1. The standard InChI is InChI=1S/C20H20BrNO3/c1-14(23)22(24-13-15-7-5-4-6-8-15)19-12-16-11-17(21)9-10-18(16)25-20(19,2)3/h4-12H,13H2,1-3H3. The number of amides is 1. The van der Waals surface area contributed by atoms with Crippen molar-refractivity contribution < 1.29 is 14.4 Å². The molecule has 0 N–H and O–H groups in total.